The minimum absolute atomic E-state index is 0.577. The molecule has 2 atom stereocenters. The molecule has 3 rings (SSSR count). The van der Waals surface area contributed by atoms with Crippen molar-refractivity contribution in [3.8, 4) is 0 Å². The lowest BCUT2D eigenvalue weighted by Crippen LogP contribution is -2.53. The molecule has 3 heteroatoms. The SMILES string of the molecule is CC1CN(Cc2cc(N)cc(C3CC3)c2)CC(C)N1. The van der Waals surface area contributed by atoms with E-state index < -0.39 is 0 Å². The van der Waals surface area contributed by atoms with Crippen molar-refractivity contribution in [3.05, 3.63) is 29.3 Å². The summed E-state index contributed by atoms with van der Waals surface area (Å²) in [6.07, 6.45) is 2.68. The molecule has 1 aliphatic heterocycles. The Labute approximate surface area is 116 Å². The van der Waals surface area contributed by atoms with Crippen molar-refractivity contribution in [1.29, 1.82) is 0 Å². The van der Waals surface area contributed by atoms with Gasteiger partial charge in [0.05, 0.1) is 0 Å². The van der Waals surface area contributed by atoms with Crippen molar-refractivity contribution in [1.82, 2.24) is 10.2 Å². The molecule has 0 radical (unpaired) electrons. The van der Waals surface area contributed by atoms with Gasteiger partial charge in [-0.2, -0.15) is 0 Å². The lowest BCUT2D eigenvalue weighted by atomic mass is 10.0. The fraction of sp³-hybridized carbons (Fsp3) is 0.625. The molecule has 0 aromatic heterocycles. The van der Waals surface area contributed by atoms with Crippen LogP contribution in [0.1, 0.15) is 43.7 Å². The van der Waals surface area contributed by atoms with Crippen molar-refractivity contribution in [2.45, 2.75) is 51.2 Å². The smallest absolute Gasteiger partial charge is 0.0320 e. The minimum Gasteiger partial charge on any atom is -0.399 e. The second-order valence-electron chi connectivity index (χ2n) is 6.45. The van der Waals surface area contributed by atoms with Gasteiger partial charge in [-0.3, -0.25) is 4.90 Å². The van der Waals surface area contributed by atoms with Gasteiger partial charge in [0.25, 0.3) is 0 Å². The number of nitrogens with one attached hydrogen (secondary N) is 1. The third-order valence-corrected chi connectivity index (χ3v) is 4.13. The Hall–Kier alpha value is -1.06. The first-order valence-electron chi connectivity index (χ1n) is 7.48. The Bertz CT molecular complexity index is 443. The van der Waals surface area contributed by atoms with E-state index in [1.807, 2.05) is 0 Å². The Morgan fingerprint density at radius 1 is 1.16 bits per heavy atom. The van der Waals surface area contributed by atoms with Crippen LogP contribution in [0.4, 0.5) is 5.69 Å². The first-order chi connectivity index (χ1) is 9.10. The minimum atomic E-state index is 0.577. The number of hydrogen-bond donors (Lipinski definition) is 2. The summed E-state index contributed by atoms with van der Waals surface area (Å²) in [6, 6.07) is 7.82. The predicted molar refractivity (Wildman–Crippen MR) is 80.2 cm³/mol. The van der Waals surface area contributed by atoms with E-state index in [1.165, 1.54) is 24.0 Å². The van der Waals surface area contributed by atoms with Crippen LogP contribution in [-0.2, 0) is 6.54 Å². The number of piperazine rings is 1. The fourth-order valence-corrected chi connectivity index (χ4v) is 3.32. The first-order valence-corrected chi connectivity index (χ1v) is 7.48. The van der Waals surface area contributed by atoms with E-state index in [9.17, 15) is 0 Å². The molecule has 2 unspecified atom stereocenters. The highest BCUT2D eigenvalue weighted by Crippen LogP contribution is 2.41. The first kappa shape index (κ1) is 12.9. The zero-order valence-corrected chi connectivity index (χ0v) is 12.0. The number of nitrogens with zero attached hydrogens (tertiary/aromatic N) is 1. The van der Waals surface area contributed by atoms with Crippen LogP contribution in [0.5, 0.6) is 0 Å². The monoisotopic (exact) mass is 259 g/mol. The third kappa shape index (κ3) is 3.28. The van der Waals surface area contributed by atoms with E-state index in [2.05, 4.69) is 42.3 Å². The molecule has 1 aromatic rings. The molecule has 19 heavy (non-hydrogen) atoms. The lowest BCUT2D eigenvalue weighted by molar-refractivity contribution is 0.166. The number of anilines is 1. The summed E-state index contributed by atoms with van der Waals surface area (Å²) >= 11 is 0. The molecule has 1 aromatic carbocycles. The van der Waals surface area contributed by atoms with Crippen LogP contribution in [0.3, 0.4) is 0 Å². The highest BCUT2D eigenvalue weighted by Gasteiger charge is 2.25. The van der Waals surface area contributed by atoms with Crippen molar-refractivity contribution in [2.75, 3.05) is 18.8 Å². The Morgan fingerprint density at radius 3 is 2.47 bits per heavy atom. The second kappa shape index (κ2) is 5.14. The van der Waals surface area contributed by atoms with Gasteiger partial charge >= 0.3 is 0 Å². The molecule has 1 saturated heterocycles. The number of benzene rings is 1. The van der Waals surface area contributed by atoms with E-state index in [0.29, 0.717) is 12.1 Å². The zero-order valence-electron chi connectivity index (χ0n) is 12.0. The lowest BCUT2D eigenvalue weighted by Gasteiger charge is -2.36. The molecule has 2 aliphatic rings. The molecule has 1 aliphatic carbocycles. The summed E-state index contributed by atoms with van der Waals surface area (Å²) in [5, 5.41) is 3.58. The molecule has 0 bridgehead atoms. The van der Waals surface area contributed by atoms with E-state index in [0.717, 1.165) is 31.2 Å². The topological polar surface area (TPSA) is 41.3 Å². The van der Waals surface area contributed by atoms with Gasteiger partial charge in [-0.05, 0) is 55.9 Å². The van der Waals surface area contributed by atoms with Gasteiger partial charge in [-0.15, -0.1) is 0 Å². The van der Waals surface area contributed by atoms with Gasteiger partial charge in [0.15, 0.2) is 0 Å². The second-order valence-corrected chi connectivity index (χ2v) is 6.45. The Morgan fingerprint density at radius 2 is 1.84 bits per heavy atom. The van der Waals surface area contributed by atoms with Crippen molar-refractivity contribution >= 4 is 5.69 Å². The number of rotatable bonds is 3. The summed E-state index contributed by atoms with van der Waals surface area (Å²) in [4.78, 5) is 2.54. The third-order valence-electron chi connectivity index (χ3n) is 4.13. The van der Waals surface area contributed by atoms with Crippen LogP contribution in [-0.4, -0.2) is 30.1 Å². The van der Waals surface area contributed by atoms with E-state index in [-0.39, 0.29) is 0 Å². The summed E-state index contributed by atoms with van der Waals surface area (Å²) in [5.41, 5.74) is 9.81. The van der Waals surface area contributed by atoms with Crippen LogP contribution in [0.15, 0.2) is 18.2 Å². The quantitative estimate of drug-likeness (QED) is 0.819. The van der Waals surface area contributed by atoms with Crippen molar-refractivity contribution in [3.63, 3.8) is 0 Å². The summed E-state index contributed by atoms with van der Waals surface area (Å²) in [6.45, 7) is 7.80. The number of nitrogens with two attached hydrogens (primary N) is 1. The predicted octanol–water partition coefficient (Wildman–Crippen LogP) is 2.33. The summed E-state index contributed by atoms with van der Waals surface area (Å²) in [5.74, 6) is 0.781. The number of nitrogen functional groups attached to an aromatic ring is 1. The Kier molecular flexibility index (Phi) is 3.50. The van der Waals surface area contributed by atoms with Crippen LogP contribution in [0.2, 0.25) is 0 Å². The summed E-state index contributed by atoms with van der Waals surface area (Å²) in [7, 11) is 0. The average Bonchev–Trinajstić information content (AvgIpc) is 3.09. The highest BCUT2D eigenvalue weighted by atomic mass is 15.2. The van der Waals surface area contributed by atoms with Gasteiger partial charge in [0, 0.05) is 37.4 Å². The van der Waals surface area contributed by atoms with Crippen molar-refractivity contribution < 1.29 is 0 Å². The Balaban J connectivity index is 1.71. The summed E-state index contributed by atoms with van der Waals surface area (Å²) < 4.78 is 0. The molecule has 1 saturated carbocycles. The molecule has 0 amide bonds. The standard InChI is InChI=1S/C16H25N3/c1-11-8-19(9-12(2)18-11)10-13-5-15(14-3-4-14)7-16(17)6-13/h5-7,11-12,14,18H,3-4,8-10,17H2,1-2H3. The van der Waals surface area contributed by atoms with E-state index >= 15 is 0 Å². The molecule has 0 spiro atoms. The fourth-order valence-electron chi connectivity index (χ4n) is 3.32. The maximum Gasteiger partial charge on any atom is 0.0320 e. The van der Waals surface area contributed by atoms with Gasteiger partial charge in [0.1, 0.15) is 0 Å². The normalized spacial score (nSPS) is 28.5. The number of hydrogen-bond acceptors (Lipinski definition) is 3. The van der Waals surface area contributed by atoms with E-state index in [4.69, 9.17) is 5.73 Å². The van der Waals surface area contributed by atoms with Crippen LogP contribution >= 0.6 is 0 Å². The van der Waals surface area contributed by atoms with Crippen LogP contribution in [0.25, 0.3) is 0 Å². The molecule has 1 heterocycles. The van der Waals surface area contributed by atoms with Gasteiger partial charge in [-0.25, -0.2) is 0 Å². The molecule has 2 fully saturated rings. The van der Waals surface area contributed by atoms with Crippen LogP contribution in [0, 0.1) is 0 Å². The maximum atomic E-state index is 6.05. The maximum absolute atomic E-state index is 6.05. The molecule has 104 valence electrons. The molecule has 3 N–H and O–H groups in total. The largest absolute Gasteiger partial charge is 0.399 e. The molecular formula is C16H25N3. The zero-order chi connectivity index (χ0) is 13.4. The van der Waals surface area contributed by atoms with Gasteiger partial charge in [0.2, 0.25) is 0 Å². The average molecular weight is 259 g/mol. The highest BCUT2D eigenvalue weighted by molar-refractivity contribution is 5.46. The van der Waals surface area contributed by atoms with E-state index in [1.54, 1.807) is 0 Å². The molecule has 3 nitrogen and oxygen atoms in total. The van der Waals surface area contributed by atoms with Crippen LogP contribution < -0.4 is 11.1 Å². The van der Waals surface area contributed by atoms with Gasteiger partial charge < -0.3 is 11.1 Å². The van der Waals surface area contributed by atoms with Crippen molar-refractivity contribution in [2.24, 2.45) is 0 Å². The molecular weight excluding hydrogens is 234 g/mol. The van der Waals surface area contributed by atoms with Gasteiger partial charge in [-0.1, -0.05) is 6.07 Å².